The molecule has 0 bridgehead atoms. The lowest BCUT2D eigenvalue weighted by Crippen LogP contribution is -2.15. The normalized spacial score (nSPS) is 10.8. The largest absolute Gasteiger partial charge is 0.491 e. The standard InChI is InChI=1S/C22H23Cl2N3O3/c1-14-19(15(2)27(26-14)21-8-7-16(23)11-20(21)24)13-22(28)25-17-5-4-6-18(12-17)30-10-9-29-3/h4-8,11-12H,9-10,13H2,1-3H3,(H,25,28). The van der Waals surface area contributed by atoms with Gasteiger partial charge in [0.1, 0.15) is 12.4 Å². The van der Waals surface area contributed by atoms with Gasteiger partial charge in [0.2, 0.25) is 5.91 Å². The second-order valence-corrected chi connectivity index (χ2v) is 7.59. The molecule has 3 rings (SSSR count). The number of benzene rings is 2. The van der Waals surface area contributed by atoms with Crippen LogP contribution in [0.15, 0.2) is 42.5 Å². The van der Waals surface area contributed by atoms with E-state index in [4.69, 9.17) is 32.7 Å². The van der Waals surface area contributed by atoms with Gasteiger partial charge in [-0.25, -0.2) is 4.68 Å². The van der Waals surface area contributed by atoms with Crippen LogP contribution < -0.4 is 10.1 Å². The zero-order valence-corrected chi connectivity index (χ0v) is 18.5. The van der Waals surface area contributed by atoms with Crippen LogP contribution >= 0.6 is 23.2 Å². The molecule has 158 valence electrons. The summed E-state index contributed by atoms with van der Waals surface area (Å²) < 4.78 is 12.3. The number of nitrogens with zero attached hydrogens (tertiary/aromatic N) is 2. The summed E-state index contributed by atoms with van der Waals surface area (Å²) in [6.45, 7) is 4.73. The van der Waals surface area contributed by atoms with Gasteiger partial charge in [0, 0.05) is 35.1 Å². The summed E-state index contributed by atoms with van der Waals surface area (Å²) in [6, 6.07) is 12.5. The van der Waals surface area contributed by atoms with Crippen LogP contribution in [-0.2, 0) is 16.0 Å². The van der Waals surface area contributed by atoms with Crippen molar-refractivity contribution in [3.8, 4) is 11.4 Å². The Morgan fingerprint density at radius 3 is 2.67 bits per heavy atom. The van der Waals surface area contributed by atoms with E-state index in [1.165, 1.54) is 0 Å². The lowest BCUT2D eigenvalue weighted by molar-refractivity contribution is -0.115. The summed E-state index contributed by atoms with van der Waals surface area (Å²) in [7, 11) is 1.62. The molecule has 2 aromatic carbocycles. The van der Waals surface area contributed by atoms with Crippen LogP contribution in [0.2, 0.25) is 10.0 Å². The molecule has 0 spiro atoms. The zero-order chi connectivity index (χ0) is 21.7. The third-order valence-electron chi connectivity index (χ3n) is 4.59. The van der Waals surface area contributed by atoms with Crippen molar-refractivity contribution in [3.05, 3.63) is 69.5 Å². The molecule has 1 aromatic heterocycles. The smallest absolute Gasteiger partial charge is 0.228 e. The van der Waals surface area contributed by atoms with Crippen LogP contribution in [0.5, 0.6) is 5.75 Å². The topological polar surface area (TPSA) is 65.4 Å². The average Bonchev–Trinajstić information content (AvgIpc) is 2.96. The maximum absolute atomic E-state index is 12.7. The molecule has 0 radical (unpaired) electrons. The molecular formula is C22H23Cl2N3O3. The number of halogens is 2. The van der Waals surface area contributed by atoms with E-state index in [1.54, 1.807) is 30.0 Å². The number of carbonyl (C=O) groups is 1. The van der Waals surface area contributed by atoms with E-state index in [9.17, 15) is 4.79 Å². The van der Waals surface area contributed by atoms with Crippen LogP contribution in [0.25, 0.3) is 5.69 Å². The minimum Gasteiger partial charge on any atom is -0.491 e. The number of ether oxygens (including phenoxy) is 2. The SMILES string of the molecule is COCCOc1cccc(NC(=O)Cc2c(C)nn(-c3ccc(Cl)cc3Cl)c2C)c1. The number of rotatable bonds is 8. The van der Waals surface area contributed by atoms with Crippen molar-refractivity contribution >= 4 is 34.8 Å². The lowest BCUT2D eigenvalue weighted by Gasteiger charge is -2.10. The molecule has 1 amide bonds. The summed E-state index contributed by atoms with van der Waals surface area (Å²) in [5.74, 6) is 0.527. The maximum Gasteiger partial charge on any atom is 0.228 e. The highest BCUT2D eigenvalue weighted by molar-refractivity contribution is 6.35. The Hall–Kier alpha value is -2.54. The minimum atomic E-state index is -0.142. The molecule has 6 nitrogen and oxygen atoms in total. The Kier molecular flexibility index (Phi) is 7.37. The summed E-state index contributed by atoms with van der Waals surface area (Å²) >= 11 is 12.3. The van der Waals surface area contributed by atoms with Gasteiger partial charge in [-0.3, -0.25) is 4.79 Å². The van der Waals surface area contributed by atoms with Crippen molar-refractivity contribution in [3.63, 3.8) is 0 Å². The molecule has 0 aliphatic heterocycles. The molecule has 0 aliphatic rings. The summed E-state index contributed by atoms with van der Waals surface area (Å²) in [5.41, 5.74) is 3.85. The number of carbonyl (C=O) groups excluding carboxylic acids is 1. The molecule has 0 saturated heterocycles. The van der Waals surface area contributed by atoms with Gasteiger partial charge in [-0.2, -0.15) is 5.10 Å². The summed E-state index contributed by atoms with van der Waals surface area (Å²) in [4.78, 5) is 12.7. The predicted molar refractivity (Wildman–Crippen MR) is 119 cm³/mol. The molecule has 0 saturated carbocycles. The van der Waals surface area contributed by atoms with Crippen molar-refractivity contribution in [1.29, 1.82) is 0 Å². The van der Waals surface area contributed by atoms with E-state index in [0.717, 1.165) is 17.0 Å². The first-order valence-corrected chi connectivity index (χ1v) is 10.2. The second kappa shape index (κ2) is 9.98. The summed E-state index contributed by atoms with van der Waals surface area (Å²) in [6.07, 6.45) is 0.192. The zero-order valence-electron chi connectivity index (χ0n) is 17.0. The molecule has 0 unspecified atom stereocenters. The van der Waals surface area contributed by atoms with Crippen LogP contribution in [0.4, 0.5) is 5.69 Å². The molecule has 0 atom stereocenters. The monoisotopic (exact) mass is 447 g/mol. The first-order valence-electron chi connectivity index (χ1n) is 9.41. The Labute approximate surface area is 185 Å². The number of anilines is 1. The molecule has 3 aromatic rings. The highest BCUT2D eigenvalue weighted by Gasteiger charge is 2.17. The number of aryl methyl sites for hydroxylation is 1. The molecular weight excluding hydrogens is 425 g/mol. The maximum atomic E-state index is 12.7. The highest BCUT2D eigenvalue weighted by atomic mass is 35.5. The third kappa shape index (κ3) is 5.33. The van der Waals surface area contributed by atoms with E-state index in [2.05, 4.69) is 10.4 Å². The fourth-order valence-electron chi connectivity index (χ4n) is 3.09. The lowest BCUT2D eigenvalue weighted by atomic mass is 10.1. The van der Waals surface area contributed by atoms with Crippen molar-refractivity contribution in [2.45, 2.75) is 20.3 Å². The van der Waals surface area contributed by atoms with Crippen LogP contribution in [0.1, 0.15) is 17.0 Å². The Bertz CT molecular complexity index is 1050. The number of hydrogen-bond donors (Lipinski definition) is 1. The number of hydrogen-bond acceptors (Lipinski definition) is 4. The van der Waals surface area contributed by atoms with E-state index < -0.39 is 0 Å². The van der Waals surface area contributed by atoms with E-state index in [0.29, 0.717) is 40.4 Å². The van der Waals surface area contributed by atoms with Gasteiger partial charge in [0.25, 0.3) is 0 Å². The number of methoxy groups -OCH3 is 1. The summed E-state index contributed by atoms with van der Waals surface area (Å²) in [5, 5.41) is 8.53. The van der Waals surface area contributed by atoms with Gasteiger partial charge in [-0.1, -0.05) is 29.3 Å². The number of aromatic nitrogens is 2. The molecule has 0 fully saturated rings. The van der Waals surface area contributed by atoms with E-state index in [-0.39, 0.29) is 12.3 Å². The van der Waals surface area contributed by atoms with Gasteiger partial charge < -0.3 is 14.8 Å². The van der Waals surface area contributed by atoms with Gasteiger partial charge >= 0.3 is 0 Å². The minimum absolute atomic E-state index is 0.142. The first-order chi connectivity index (χ1) is 14.4. The van der Waals surface area contributed by atoms with Gasteiger partial charge in [-0.15, -0.1) is 0 Å². The fourth-order valence-corrected chi connectivity index (χ4v) is 3.58. The van der Waals surface area contributed by atoms with Crippen molar-refractivity contribution < 1.29 is 14.3 Å². The predicted octanol–water partition coefficient (Wildman–Crippen LogP) is 5.00. The van der Waals surface area contributed by atoms with Crippen LogP contribution in [0, 0.1) is 13.8 Å². The van der Waals surface area contributed by atoms with Gasteiger partial charge in [-0.05, 0) is 44.2 Å². The Balaban J connectivity index is 1.73. The van der Waals surface area contributed by atoms with Gasteiger partial charge in [0.15, 0.2) is 0 Å². The van der Waals surface area contributed by atoms with Crippen LogP contribution in [-0.4, -0.2) is 36.0 Å². The Morgan fingerprint density at radius 1 is 1.13 bits per heavy atom. The first kappa shape index (κ1) is 22.2. The number of nitrogens with one attached hydrogen (secondary N) is 1. The fraction of sp³-hybridized carbons (Fsp3) is 0.273. The second-order valence-electron chi connectivity index (χ2n) is 6.75. The number of amides is 1. The molecule has 1 heterocycles. The van der Waals surface area contributed by atoms with Crippen molar-refractivity contribution in [1.82, 2.24) is 9.78 Å². The third-order valence-corrected chi connectivity index (χ3v) is 5.13. The van der Waals surface area contributed by atoms with Crippen LogP contribution in [0.3, 0.4) is 0 Å². The average molecular weight is 448 g/mol. The highest BCUT2D eigenvalue weighted by Crippen LogP contribution is 2.27. The molecule has 0 aliphatic carbocycles. The van der Waals surface area contributed by atoms with E-state index >= 15 is 0 Å². The van der Waals surface area contributed by atoms with Crippen molar-refractivity contribution in [2.75, 3.05) is 25.6 Å². The Morgan fingerprint density at radius 2 is 1.93 bits per heavy atom. The molecule has 1 N–H and O–H groups in total. The molecule has 8 heteroatoms. The quantitative estimate of drug-likeness (QED) is 0.493. The van der Waals surface area contributed by atoms with E-state index in [1.807, 2.05) is 38.1 Å². The van der Waals surface area contributed by atoms with Crippen molar-refractivity contribution in [2.24, 2.45) is 0 Å². The molecule has 30 heavy (non-hydrogen) atoms. The van der Waals surface area contributed by atoms with Gasteiger partial charge in [0.05, 0.1) is 29.4 Å².